The Morgan fingerprint density at radius 1 is 1.10 bits per heavy atom. The molecule has 2 rings (SSSR count). The molecule has 0 saturated carbocycles. The van der Waals surface area contributed by atoms with Gasteiger partial charge in [-0.05, 0) is 30.2 Å². The summed E-state index contributed by atoms with van der Waals surface area (Å²) in [5.74, 6) is -0.257. The van der Waals surface area contributed by atoms with E-state index >= 15 is 0 Å². The summed E-state index contributed by atoms with van der Waals surface area (Å²) < 4.78 is 0. The monoisotopic (exact) mass is 308 g/mol. The topological polar surface area (TPSA) is 55.1 Å². The van der Waals surface area contributed by atoms with Crippen molar-refractivity contribution in [1.29, 1.82) is 0 Å². The maximum Gasteiger partial charge on any atom is 0.241 e. The zero-order valence-electron chi connectivity index (χ0n) is 10.6. The van der Waals surface area contributed by atoms with E-state index in [0.717, 1.165) is 5.56 Å². The quantitative estimate of drug-likeness (QED) is 0.908. The Labute approximate surface area is 127 Å². The summed E-state index contributed by atoms with van der Waals surface area (Å²) in [4.78, 5) is 12.0. The number of halogens is 2. The molecule has 0 spiro atoms. The van der Waals surface area contributed by atoms with E-state index in [1.165, 1.54) is 0 Å². The SMILES string of the molecule is N[C@@H](Cc1ccccc1)C(=O)Nc1ccc(Cl)c(Cl)c1. The van der Waals surface area contributed by atoms with E-state index in [2.05, 4.69) is 5.32 Å². The number of anilines is 1. The minimum atomic E-state index is -0.619. The molecule has 1 atom stereocenters. The molecule has 1 amide bonds. The normalized spacial score (nSPS) is 11.9. The average molecular weight is 309 g/mol. The number of rotatable bonds is 4. The first-order chi connectivity index (χ1) is 9.56. The van der Waals surface area contributed by atoms with Crippen LogP contribution in [0.3, 0.4) is 0 Å². The smallest absolute Gasteiger partial charge is 0.241 e. The van der Waals surface area contributed by atoms with Crippen LogP contribution in [0.2, 0.25) is 10.0 Å². The molecule has 0 radical (unpaired) electrons. The van der Waals surface area contributed by atoms with Gasteiger partial charge in [0.2, 0.25) is 5.91 Å². The fraction of sp³-hybridized carbons (Fsp3) is 0.133. The van der Waals surface area contributed by atoms with Gasteiger partial charge in [-0.1, -0.05) is 53.5 Å². The molecule has 20 heavy (non-hydrogen) atoms. The first-order valence-corrected chi connectivity index (χ1v) is 6.87. The Hall–Kier alpha value is -1.55. The first kappa shape index (κ1) is 14.9. The third kappa shape index (κ3) is 3.97. The van der Waals surface area contributed by atoms with Crippen LogP contribution >= 0.6 is 23.2 Å². The van der Waals surface area contributed by atoms with E-state index in [4.69, 9.17) is 28.9 Å². The number of nitrogens with one attached hydrogen (secondary N) is 1. The standard InChI is InChI=1S/C15H14Cl2N2O/c16-12-7-6-11(9-13(12)17)19-15(20)14(18)8-10-4-2-1-3-5-10/h1-7,9,14H,8,18H2,(H,19,20)/t14-/m0/s1. The summed E-state index contributed by atoms with van der Waals surface area (Å²) in [6.45, 7) is 0. The molecule has 0 fully saturated rings. The zero-order valence-corrected chi connectivity index (χ0v) is 12.2. The molecule has 0 aromatic heterocycles. The number of amides is 1. The summed E-state index contributed by atoms with van der Waals surface area (Å²) in [7, 11) is 0. The van der Waals surface area contributed by atoms with Crippen LogP contribution in [0.4, 0.5) is 5.69 Å². The van der Waals surface area contributed by atoms with Crippen LogP contribution in [-0.2, 0) is 11.2 Å². The highest BCUT2D eigenvalue weighted by Gasteiger charge is 2.14. The Bertz CT molecular complexity index is 602. The number of carbonyl (C=O) groups excluding carboxylic acids is 1. The molecule has 0 saturated heterocycles. The van der Waals surface area contributed by atoms with E-state index in [0.29, 0.717) is 22.2 Å². The summed E-state index contributed by atoms with van der Waals surface area (Å²) in [6, 6.07) is 13.9. The molecule has 0 aliphatic rings. The number of benzene rings is 2. The van der Waals surface area contributed by atoms with Crippen molar-refractivity contribution in [3.63, 3.8) is 0 Å². The van der Waals surface area contributed by atoms with Gasteiger partial charge < -0.3 is 11.1 Å². The van der Waals surface area contributed by atoms with Gasteiger partial charge in [0.15, 0.2) is 0 Å². The van der Waals surface area contributed by atoms with Gasteiger partial charge in [-0.25, -0.2) is 0 Å². The molecule has 2 aromatic rings. The molecule has 0 aliphatic carbocycles. The van der Waals surface area contributed by atoms with Gasteiger partial charge in [-0.2, -0.15) is 0 Å². The number of nitrogens with two attached hydrogens (primary N) is 1. The van der Waals surface area contributed by atoms with Crippen LogP contribution in [0.1, 0.15) is 5.56 Å². The third-order valence-electron chi connectivity index (χ3n) is 2.82. The number of hydrogen-bond donors (Lipinski definition) is 2. The predicted octanol–water partition coefficient (Wildman–Crippen LogP) is 3.50. The van der Waals surface area contributed by atoms with Gasteiger partial charge in [-0.3, -0.25) is 4.79 Å². The molecule has 0 aliphatic heterocycles. The fourth-order valence-electron chi connectivity index (χ4n) is 1.77. The van der Waals surface area contributed by atoms with Crippen molar-refractivity contribution in [2.45, 2.75) is 12.5 Å². The van der Waals surface area contributed by atoms with Gasteiger partial charge in [-0.15, -0.1) is 0 Å². The summed E-state index contributed by atoms with van der Waals surface area (Å²) in [6.07, 6.45) is 0.480. The van der Waals surface area contributed by atoms with E-state index in [1.54, 1.807) is 18.2 Å². The van der Waals surface area contributed by atoms with Gasteiger partial charge >= 0.3 is 0 Å². The van der Waals surface area contributed by atoms with Crippen molar-refractivity contribution in [3.05, 3.63) is 64.1 Å². The highest BCUT2D eigenvalue weighted by Crippen LogP contribution is 2.25. The van der Waals surface area contributed by atoms with Crippen LogP contribution in [0, 0.1) is 0 Å². The summed E-state index contributed by atoms with van der Waals surface area (Å²) in [5.41, 5.74) is 7.49. The van der Waals surface area contributed by atoms with E-state index < -0.39 is 6.04 Å². The molecule has 0 bridgehead atoms. The second-order valence-electron chi connectivity index (χ2n) is 4.41. The zero-order chi connectivity index (χ0) is 14.5. The van der Waals surface area contributed by atoms with Gasteiger partial charge in [0.1, 0.15) is 0 Å². The average Bonchev–Trinajstić information content (AvgIpc) is 2.44. The van der Waals surface area contributed by atoms with Gasteiger partial charge in [0.05, 0.1) is 16.1 Å². The lowest BCUT2D eigenvalue weighted by Gasteiger charge is -2.12. The maximum atomic E-state index is 12.0. The van der Waals surface area contributed by atoms with Crippen LogP contribution in [-0.4, -0.2) is 11.9 Å². The first-order valence-electron chi connectivity index (χ1n) is 6.11. The predicted molar refractivity (Wildman–Crippen MR) is 83.2 cm³/mol. The molecular formula is C15H14Cl2N2O. The lowest BCUT2D eigenvalue weighted by atomic mass is 10.1. The second kappa shape index (κ2) is 6.75. The van der Waals surface area contributed by atoms with Crippen molar-refractivity contribution in [1.82, 2.24) is 0 Å². The van der Waals surface area contributed by atoms with E-state index in [1.807, 2.05) is 30.3 Å². The highest BCUT2D eigenvalue weighted by atomic mass is 35.5. The van der Waals surface area contributed by atoms with Crippen LogP contribution in [0.25, 0.3) is 0 Å². The molecule has 104 valence electrons. The lowest BCUT2D eigenvalue weighted by molar-refractivity contribution is -0.117. The minimum Gasteiger partial charge on any atom is -0.325 e. The highest BCUT2D eigenvalue weighted by molar-refractivity contribution is 6.42. The Morgan fingerprint density at radius 3 is 2.45 bits per heavy atom. The second-order valence-corrected chi connectivity index (χ2v) is 5.23. The van der Waals surface area contributed by atoms with Crippen LogP contribution in [0.5, 0.6) is 0 Å². The number of hydrogen-bond acceptors (Lipinski definition) is 2. The maximum absolute atomic E-state index is 12.0. The Morgan fingerprint density at radius 2 is 1.80 bits per heavy atom. The van der Waals surface area contributed by atoms with Crippen LogP contribution in [0.15, 0.2) is 48.5 Å². The molecule has 3 nitrogen and oxygen atoms in total. The van der Waals surface area contributed by atoms with Gasteiger partial charge in [0, 0.05) is 5.69 Å². The van der Waals surface area contributed by atoms with E-state index in [9.17, 15) is 4.79 Å². The van der Waals surface area contributed by atoms with Crippen LogP contribution < -0.4 is 11.1 Å². The Kier molecular flexibility index (Phi) is 5.01. The lowest BCUT2D eigenvalue weighted by Crippen LogP contribution is -2.37. The fourth-order valence-corrected chi connectivity index (χ4v) is 2.07. The number of carbonyl (C=O) groups is 1. The van der Waals surface area contributed by atoms with E-state index in [-0.39, 0.29) is 5.91 Å². The molecule has 3 N–H and O–H groups in total. The van der Waals surface area contributed by atoms with Gasteiger partial charge in [0.25, 0.3) is 0 Å². The van der Waals surface area contributed by atoms with Crippen molar-refractivity contribution in [2.24, 2.45) is 5.73 Å². The molecule has 2 aromatic carbocycles. The van der Waals surface area contributed by atoms with Crippen molar-refractivity contribution in [3.8, 4) is 0 Å². The van der Waals surface area contributed by atoms with Crippen molar-refractivity contribution in [2.75, 3.05) is 5.32 Å². The van der Waals surface area contributed by atoms with Crippen molar-refractivity contribution < 1.29 is 4.79 Å². The molecule has 0 heterocycles. The van der Waals surface area contributed by atoms with Crippen molar-refractivity contribution >= 4 is 34.8 Å². The molecule has 5 heteroatoms. The molecular weight excluding hydrogens is 295 g/mol. The largest absolute Gasteiger partial charge is 0.325 e. The molecule has 0 unspecified atom stereocenters. The summed E-state index contributed by atoms with van der Waals surface area (Å²) >= 11 is 11.7. The third-order valence-corrected chi connectivity index (χ3v) is 3.56. The Balaban J connectivity index is 1.99. The minimum absolute atomic E-state index is 0.257. The summed E-state index contributed by atoms with van der Waals surface area (Å²) in [5, 5.41) is 3.56.